The van der Waals surface area contributed by atoms with E-state index in [-0.39, 0.29) is 0 Å². The molecule has 0 radical (unpaired) electrons. The van der Waals surface area contributed by atoms with Gasteiger partial charge in [-0.25, -0.2) is 9.59 Å². The van der Waals surface area contributed by atoms with Gasteiger partial charge in [0.2, 0.25) is 0 Å². The van der Waals surface area contributed by atoms with Crippen LogP contribution in [0.25, 0.3) is 0 Å². The Bertz CT molecular complexity index is 1030. The third-order valence-corrected chi connectivity index (χ3v) is 7.01. The minimum atomic E-state index is -1.26. The standard InChI is InChI=1S/C21H26N2O2S.C4H4O4/c1-22-8-10-23(11-9-22)19-12-15-4-5-16(24-2)13-20(15)26-21-14-17(25-3)6-7-18(19)21;5-3(6)1-2-4(7)8/h4-7,13-14,19H,8-12H2,1-3H3;1-2H,(H,5,6)(H,7,8)/b;2-1+. The second kappa shape index (κ2) is 11.9. The molecule has 2 aliphatic heterocycles. The molecule has 4 rings (SSSR count). The Morgan fingerprint density at radius 3 is 2.03 bits per heavy atom. The van der Waals surface area contributed by atoms with E-state index in [0.29, 0.717) is 18.2 Å². The number of carboxylic acid groups (broad SMARTS) is 2. The molecule has 0 bridgehead atoms. The third kappa shape index (κ3) is 6.75. The largest absolute Gasteiger partial charge is 0.497 e. The van der Waals surface area contributed by atoms with E-state index in [1.807, 2.05) is 11.8 Å². The number of hydrogen-bond donors (Lipinski definition) is 2. The average Bonchev–Trinajstić information content (AvgIpc) is 2.99. The fourth-order valence-electron chi connectivity index (χ4n) is 3.97. The lowest BCUT2D eigenvalue weighted by Gasteiger charge is -2.38. The van der Waals surface area contributed by atoms with Gasteiger partial charge in [-0.2, -0.15) is 0 Å². The summed E-state index contributed by atoms with van der Waals surface area (Å²) in [6.45, 7) is 4.49. The number of methoxy groups -OCH3 is 2. The highest BCUT2D eigenvalue weighted by Crippen LogP contribution is 2.45. The molecule has 2 aromatic rings. The molecule has 2 heterocycles. The predicted molar refractivity (Wildman–Crippen MR) is 130 cm³/mol. The topological polar surface area (TPSA) is 99.5 Å². The molecule has 0 amide bonds. The van der Waals surface area contributed by atoms with Crippen LogP contribution in [-0.2, 0) is 16.0 Å². The molecule has 9 heteroatoms. The molecule has 0 saturated carbocycles. The molecule has 1 unspecified atom stereocenters. The maximum atomic E-state index is 9.55. The van der Waals surface area contributed by atoms with Crippen LogP contribution in [0.2, 0.25) is 0 Å². The van der Waals surface area contributed by atoms with Crippen LogP contribution in [0.4, 0.5) is 0 Å². The second-order valence-corrected chi connectivity index (χ2v) is 9.13. The number of hydrogen-bond acceptors (Lipinski definition) is 7. The van der Waals surface area contributed by atoms with Gasteiger partial charge in [0.05, 0.1) is 14.2 Å². The average molecular weight is 487 g/mol. The van der Waals surface area contributed by atoms with Crippen LogP contribution >= 0.6 is 11.8 Å². The third-order valence-electron chi connectivity index (χ3n) is 5.83. The highest BCUT2D eigenvalue weighted by Gasteiger charge is 2.29. The van der Waals surface area contributed by atoms with Gasteiger partial charge in [-0.15, -0.1) is 0 Å². The summed E-state index contributed by atoms with van der Waals surface area (Å²) >= 11 is 1.83. The van der Waals surface area contributed by atoms with Crippen LogP contribution in [0.1, 0.15) is 17.2 Å². The highest BCUT2D eigenvalue weighted by atomic mass is 32.2. The molecule has 1 saturated heterocycles. The fraction of sp³-hybridized carbons (Fsp3) is 0.360. The molecule has 8 nitrogen and oxygen atoms in total. The Kier molecular flexibility index (Phi) is 8.98. The van der Waals surface area contributed by atoms with Gasteiger partial charge in [0.25, 0.3) is 0 Å². The van der Waals surface area contributed by atoms with Crippen molar-refractivity contribution in [2.45, 2.75) is 22.3 Å². The number of piperazine rings is 1. The van der Waals surface area contributed by atoms with Crippen LogP contribution in [0, 0.1) is 0 Å². The van der Waals surface area contributed by atoms with Crippen molar-refractivity contribution in [3.05, 3.63) is 59.7 Å². The second-order valence-electron chi connectivity index (χ2n) is 8.05. The maximum absolute atomic E-state index is 9.55. The molecular formula is C25H30N2O6S. The zero-order valence-electron chi connectivity index (χ0n) is 19.6. The van der Waals surface area contributed by atoms with Gasteiger partial charge < -0.3 is 24.6 Å². The van der Waals surface area contributed by atoms with E-state index >= 15 is 0 Å². The molecule has 34 heavy (non-hydrogen) atoms. The molecule has 1 atom stereocenters. The predicted octanol–water partition coefficient (Wildman–Crippen LogP) is 3.41. The quantitative estimate of drug-likeness (QED) is 0.616. The van der Waals surface area contributed by atoms with Gasteiger partial charge in [0.1, 0.15) is 11.5 Å². The first-order chi connectivity index (χ1) is 16.3. The number of rotatable bonds is 5. The van der Waals surface area contributed by atoms with E-state index in [4.69, 9.17) is 19.7 Å². The normalized spacial score (nSPS) is 18.1. The summed E-state index contributed by atoms with van der Waals surface area (Å²) < 4.78 is 10.9. The number of nitrogens with zero attached hydrogens (tertiary/aromatic N) is 2. The Labute approximate surface area is 203 Å². The minimum absolute atomic E-state index is 0.409. The molecule has 182 valence electrons. The van der Waals surface area contributed by atoms with Crippen molar-refractivity contribution >= 4 is 23.7 Å². The van der Waals surface area contributed by atoms with E-state index in [0.717, 1.165) is 44.1 Å². The summed E-state index contributed by atoms with van der Waals surface area (Å²) in [7, 11) is 5.67. The van der Waals surface area contributed by atoms with Gasteiger partial charge in [0.15, 0.2) is 0 Å². The summed E-state index contributed by atoms with van der Waals surface area (Å²) in [6.07, 6.45) is 2.15. The van der Waals surface area contributed by atoms with Gasteiger partial charge in [0, 0.05) is 54.2 Å². The summed E-state index contributed by atoms with van der Waals surface area (Å²) in [5.74, 6) is -0.682. The van der Waals surface area contributed by atoms with Crippen molar-refractivity contribution < 1.29 is 29.3 Å². The number of fused-ring (bicyclic) bond motifs is 2. The minimum Gasteiger partial charge on any atom is -0.497 e. The Balaban J connectivity index is 0.000000350. The van der Waals surface area contributed by atoms with Gasteiger partial charge in [-0.1, -0.05) is 23.9 Å². The van der Waals surface area contributed by atoms with Crippen LogP contribution in [0.3, 0.4) is 0 Å². The summed E-state index contributed by atoms with van der Waals surface area (Å²) in [5, 5.41) is 15.6. The highest BCUT2D eigenvalue weighted by molar-refractivity contribution is 7.99. The summed E-state index contributed by atoms with van der Waals surface area (Å²) in [4.78, 5) is 26.7. The number of aliphatic carboxylic acids is 2. The SMILES string of the molecule is COc1ccc2c(c1)Sc1cc(OC)ccc1C(N1CCN(C)CC1)C2.O=C(O)/C=C/C(=O)O. The van der Waals surface area contributed by atoms with Gasteiger partial charge >= 0.3 is 11.9 Å². The lowest BCUT2D eigenvalue weighted by atomic mass is 9.96. The van der Waals surface area contributed by atoms with Crippen molar-refractivity contribution in [1.29, 1.82) is 0 Å². The number of carbonyl (C=O) groups is 2. The molecule has 2 aromatic carbocycles. The fourth-order valence-corrected chi connectivity index (χ4v) is 5.16. The zero-order valence-corrected chi connectivity index (χ0v) is 20.4. The molecular weight excluding hydrogens is 456 g/mol. The van der Waals surface area contributed by atoms with Crippen molar-refractivity contribution in [3.63, 3.8) is 0 Å². The first-order valence-corrected chi connectivity index (χ1v) is 11.7. The molecule has 2 N–H and O–H groups in total. The van der Waals surface area contributed by atoms with Crippen molar-refractivity contribution in [3.8, 4) is 11.5 Å². The maximum Gasteiger partial charge on any atom is 0.328 e. The van der Waals surface area contributed by atoms with Gasteiger partial charge in [-0.05, 0) is 48.9 Å². The smallest absolute Gasteiger partial charge is 0.328 e. The number of carboxylic acids is 2. The van der Waals surface area contributed by atoms with E-state index in [9.17, 15) is 9.59 Å². The molecule has 0 spiro atoms. The summed E-state index contributed by atoms with van der Waals surface area (Å²) in [5.41, 5.74) is 2.81. The van der Waals surface area contributed by atoms with E-state index < -0.39 is 11.9 Å². The van der Waals surface area contributed by atoms with E-state index in [1.54, 1.807) is 14.2 Å². The van der Waals surface area contributed by atoms with Gasteiger partial charge in [-0.3, -0.25) is 4.90 Å². The summed E-state index contributed by atoms with van der Waals surface area (Å²) in [6, 6.07) is 13.4. The van der Waals surface area contributed by atoms with Crippen LogP contribution in [-0.4, -0.2) is 79.4 Å². The number of ether oxygens (including phenoxy) is 2. The first-order valence-electron chi connectivity index (χ1n) is 10.9. The van der Waals surface area contributed by atoms with E-state index in [2.05, 4.69) is 53.2 Å². The van der Waals surface area contributed by atoms with Crippen LogP contribution < -0.4 is 9.47 Å². The molecule has 0 aromatic heterocycles. The number of benzene rings is 2. The number of likely N-dealkylation sites (N-methyl/N-ethyl adjacent to an activating group) is 1. The van der Waals surface area contributed by atoms with Crippen LogP contribution in [0.5, 0.6) is 11.5 Å². The van der Waals surface area contributed by atoms with Crippen LogP contribution in [0.15, 0.2) is 58.3 Å². The lowest BCUT2D eigenvalue weighted by Crippen LogP contribution is -2.46. The molecule has 0 aliphatic carbocycles. The Hall–Kier alpha value is -3.01. The molecule has 2 aliphatic rings. The Morgan fingerprint density at radius 1 is 0.912 bits per heavy atom. The van der Waals surface area contributed by atoms with Crippen molar-refractivity contribution in [2.24, 2.45) is 0 Å². The monoisotopic (exact) mass is 486 g/mol. The zero-order chi connectivity index (χ0) is 24.7. The van der Waals surface area contributed by atoms with Crippen molar-refractivity contribution in [1.82, 2.24) is 9.80 Å². The van der Waals surface area contributed by atoms with E-state index in [1.165, 1.54) is 20.9 Å². The Morgan fingerprint density at radius 2 is 1.47 bits per heavy atom. The first kappa shape index (κ1) is 25.6. The lowest BCUT2D eigenvalue weighted by molar-refractivity contribution is -0.134. The van der Waals surface area contributed by atoms with Crippen molar-refractivity contribution in [2.75, 3.05) is 47.4 Å². The molecule has 1 fully saturated rings.